The Morgan fingerprint density at radius 3 is 2.33 bits per heavy atom. The molecule has 0 aliphatic rings. The number of carbonyl (C=O) groups excluding carboxylic acids is 1. The summed E-state index contributed by atoms with van der Waals surface area (Å²) < 4.78 is 27.6. The molecular formula is C20H16F2N6OS. The first-order valence-corrected chi connectivity index (χ1v) is 9.99. The molecule has 0 atom stereocenters. The monoisotopic (exact) mass is 426 g/mol. The molecule has 0 saturated carbocycles. The quantitative estimate of drug-likeness (QED) is 0.361. The van der Waals surface area contributed by atoms with Crippen LogP contribution in [0.15, 0.2) is 59.9 Å². The summed E-state index contributed by atoms with van der Waals surface area (Å²) in [6.07, 6.45) is 1.39. The molecule has 152 valence electrons. The first-order chi connectivity index (χ1) is 14.6. The van der Waals surface area contributed by atoms with Crippen molar-refractivity contribution in [3.63, 3.8) is 0 Å². The Morgan fingerprint density at radius 2 is 1.63 bits per heavy atom. The smallest absolute Gasteiger partial charge is 0.230 e. The van der Waals surface area contributed by atoms with Crippen LogP contribution >= 0.6 is 11.8 Å². The number of thioether (sulfide) groups is 1. The van der Waals surface area contributed by atoms with Crippen LogP contribution in [-0.4, -0.2) is 36.6 Å². The fourth-order valence-corrected chi connectivity index (χ4v) is 3.49. The van der Waals surface area contributed by atoms with Gasteiger partial charge in [-0.2, -0.15) is 0 Å². The van der Waals surface area contributed by atoms with E-state index in [9.17, 15) is 13.6 Å². The molecule has 4 rings (SSSR count). The molecule has 0 aliphatic carbocycles. The van der Waals surface area contributed by atoms with E-state index in [1.807, 2.05) is 0 Å². The highest BCUT2D eigenvalue weighted by atomic mass is 32.2. The van der Waals surface area contributed by atoms with Gasteiger partial charge in [-0.1, -0.05) is 41.2 Å². The second-order valence-electron chi connectivity index (χ2n) is 6.42. The predicted molar refractivity (Wildman–Crippen MR) is 108 cm³/mol. The molecule has 0 radical (unpaired) electrons. The molecule has 2 heterocycles. The summed E-state index contributed by atoms with van der Waals surface area (Å²) in [5.41, 5.74) is 2.69. The number of benzene rings is 2. The number of nitrogens with one attached hydrogen (secondary N) is 1. The molecule has 0 aliphatic heterocycles. The number of halogens is 2. The molecule has 10 heteroatoms. The maximum Gasteiger partial charge on any atom is 0.230 e. The van der Waals surface area contributed by atoms with Crippen LogP contribution in [0, 0.1) is 11.6 Å². The maximum atomic E-state index is 13.1. The van der Waals surface area contributed by atoms with Crippen LogP contribution in [0.1, 0.15) is 11.1 Å². The third kappa shape index (κ3) is 4.77. The molecule has 0 unspecified atom stereocenters. The number of nitrogens with zero attached hydrogens (tertiary/aromatic N) is 5. The number of rotatable bonds is 7. The third-order valence-corrected chi connectivity index (χ3v) is 5.23. The first-order valence-electron chi connectivity index (χ1n) is 9.01. The molecular weight excluding hydrogens is 410 g/mol. The number of aromatic nitrogens is 5. The van der Waals surface area contributed by atoms with Crippen LogP contribution in [-0.2, 0) is 17.9 Å². The predicted octanol–water partition coefficient (Wildman–Crippen LogP) is 2.96. The Labute approximate surface area is 174 Å². The fourth-order valence-electron chi connectivity index (χ4n) is 2.73. The van der Waals surface area contributed by atoms with E-state index in [0.29, 0.717) is 29.3 Å². The van der Waals surface area contributed by atoms with Gasteiger partial charge < -0.3 is 5.32 Å². The second-order valence-corrected chi connectivity index (χ2v) is 7.38. The summed E-state index contributed by atoms with van der Waals surface area (Å²) in [5.74, 6) is -0.672. The van der Waals surface area contributed by atoms with Crippen LogP contribution in [0.4, 0.5) is 8.78 Å². The minimum atomic E-state index is -0.319. The van der Waals surface area contributed by atoms with Crippen LogP contribution < -0.4 is 5.32 Å². The number of fused-ring (bicyclic) bond motifs is 1. The topological polar surface area (TPSA) is 85.6 Å². The molecule has 2 aromatic heterocycles. The van der Waals surface area contributed by atoms with Gasteiger partial charge in [-0.15, -0.1) is 5.10 Å². The molecule has 30 heavy (non-hydrogen) atoms. The lowest BCUT2D eigenvalue weighted by atomic mass is 10.2. The minimum absolute atomic E-state index is 0.137. The van der Waals surface area contributed by atoms with E-state index in [-0.39, 0.29) is 23.3 Å². The Balaban J connectivity index is 1.39. The van der Waals surface area contributed by atoms with Crippen LogP contribution in [0.5, 0.6) is 0 Å². The Morgan fingerprint density at radius 1 is 0.967 bits per heavy atom. The molecule has 1 amide bonds. The standard InChI is InChI=1S/C20H16F2N6OS/c21-15-5-1-13(2-6-15)9-23-17(29)11-30-20-18-19(24-12-25-20)28(27-26-18)10-14-3-7-16(22)8-4-14/h1-8,12H,9-11H2,(H,23,29). The van der Waals surface area contributed by atoms with Gasteiger partial charge in [-0.3, -0.25) is 4.79 Å². The third-order valence-electron chi connectivity index (χ3n) is 4.26. The largest absolute Gasteiger partial charge is 0.351 e. The Kier molecular flexibility index (Phi) is 5.94. The molecule has 2 aromatic carbocycles. The van der Waals surface area contributed by atoms with Crippen molar-refractivity contribution in [3.8, 4) is 0 Å². The Hall–Kier alpha value is -3.40. The zero-order valence-corrected chi connectivity index (χ0v) is 16.4. The van der Waals surface area contributed by atoms with Gasteiger partial charge in [-0.25, -0.2) is 23.4 Å². The van der Waals surface area contributed by atoms with Gasteiger partial charge in [0.25, 0.3) is 0 Å². The highest BCUT2D eigenvalue weighted by molar-refractivity contribution is 8.00. The van der Waals surface area contributed by atoms with Gasteiger partial charge in [0.2, 0.25) is 5.91 Å². The van der Waals surface area contributed by atoms with E-state index in [1.54, 1.807) is 28.9 Å². The maximum absolute atomic E-state index is 13.1. The fraction of sp³-hybridized carbons (Fsp3) is 0.150. The highest BCUT2D eigenvalue weighted by Gasteiger charge is 2.14. The second kappa shape index (κ2) is 8.95. The molecule has 7 nitrogen and oxygen atoms in total. The average Bonchev–Trinajstić information content (AvgIpc) is 3.17. The van der Waals surface area contributed by atoms with E-state index >= 15 is 0 Å². The van der Waals surface area contributed by atoms with Gasteiger partial charge in [0, 0.05) is 6.54 Å². The highest BCUT2D eigenvalue weighted by Crippen LogP contribution is 2.22. The summed E-state index contributed by atoms with van der Waals surface area (Å²) >= 11 is 1.23. The number of amides is 1. The number of carbonyl (C=O) groups is 1. The van der Waals surface area contributed by atoms with Crippen molar-refractivity contribution in [2.45, 2.75) is 18.1 Å². The van der Waals surface area contributed by atoms with Gasteiger partial charge >= 0.3 is 0 Å². The van der Waals surface area contributed by atoms with Crippen LogP contribution in [0.3, 0.4) is 0 Å². The summed E-state index contributed by atoms with van der Waals surface area (Å²) in [7, 11) is 0. The average molecular weight is 426 g/mol. The van der Waals surface area contributed by atoms with Crippen LogP contribution in [0.2, 0.25) is 0 Å². The summed E-state index contributed by atoms with van der Waals surface area (Å²) in [6.45, 7) is 0.697. The van der Waals surface area contributed by atoms with E-state index in [4.69, 9.17) is 0 Å². The van der Waals surface area contributed by atoms with Crippen molar-refractivity contribution >= 4 is 28.8 Å². The SMILES string of the molecule is O=C(CSc1ncnc2c1nnn2Cc1ccc(F)cc1)NCc1ccc(F)cc1. The first kappa shape index (κ1) is 19.9. The molecule has 0 saturated heterocycles. The molecule has 0 spiro atoms. The van der Waals surface area contributed by atoms with Crippen molar-refractivity contribution in [1.29, 1.82) is 0 Å². The summed E-state index contributed by atoms with van der Waals surface area (Å²) in [6, 6.07) is 12.1. The zero-order chi connectivity index (χ0) is 20.9. The summed E-state index contributed by atoms with van der Waals surface area (Å²) in [4.78, 5) is 20.6. The van der Waals surface area contributed by atoms with E-state index in [2.05, 4.69) is 25.6 Å². The zero-order valence-electron chi connectivity index (χ0n) is 15.6. The van der Waals surface area contributed by atoms with Gasteiger partial charge in [0.05, 0.1) is 12.3 Å². The normalized spacial score (nSPS) is 11.0. The van der Waals surface area contributed by atoms with Crippen molar-refractivity contribution < 1.29 is 13.6 Å². The summed E-state index contributed by atoms with van der Waals surface area (Å²) in [5, 5.41) is 11.6. The lowest BCUT2D eigenvalue weighted by Crippen LogP contribution is -2.24. The molecule has 4 aromatic rings. The number of hydrogen-bond acceptors (Lipinski definition) is 6. The van der Waals surface area contributed by atoms with Crippen LogP contribution in [0.25, 0.3) is 11.2 Å². The molecule has 1 N–H and O–H groups in total. The molecule has 0 bridgehead atoms. The molecule has 0 fully saturated rings. The van der Waals surface area contributed by atoms with Gasteiger partial charge in [0.15, 0.2) is 11.2 Å². The van der Waals surface area contributed by atoms with Crippen molar-refractivity contribution in [3.05, 3.63) is 77.6 Å². The van der Waals surface area contributed by atoms with Crippen molar-refractivity contribution in [2.75, 3.05) is 5.75 Å². The van der Waals surface area contributed by atoms with E-state index in [1.165, 1.54) is 42.4 Å². The van der Waals surface area contributed by atoms with E-state index in [0.717, 1.165) is 11.1 Å². The van der Waals surface area contributed by atoms with Crippen molar-refractivity contribution in [1.82, 2.24) is 30.3 Å². The lowest BCUT2D eigenvalue weighted by Gasteiger charge is -2.05. The lowest BCUT2D eigenvalue weighted by molar-refractivity contribution is -0.118. The minimum Gasteiger partial charge on any atom is -0.351 e. The van der Waals surface area contributed by atoms with E-state index < -0.39 is 0 Å². The van der Waals surface area contributed by atoms with Gasteiger partial charge in [0.1, 0.15) is 23.0 Å². The Bertz CT molecular complexity index is 1160. The van der Waals surface area contributed by atoms with Gasteiger partial charge in [-0.05, 0) is 35.4 Å². The van der Waals surface area contributed by atoms with Crippen molar-refractivity contribution in [2.24, 2.45) is 0 Å². The number of hydrogen-bond donors (Lipinski definition) is 1.